The minimum atomic E-state index is 0.000603. The first-order valence-electron chi connectivity index (χ1n) is 5.51. The van der Waals surface area contributed by atoms with Crippen LogP contribution in [0.1, 0.15) is 17.5 Å². The summed E-state index contributed by atoms with van der Waals surface area (Å²) >= 11 is 0. The predicted octanol–water partition coefficient (Wildman–Crippen LogP) is 1.09. The SMILES string of the molecule is O=C1NCCCN1Cc1cccc(CO)c1. The first-order chi connectivity index (χ1) is 7.79. The number of benzene rings is 1. The van der Waals surface area contributed by atoms with Gasteiger partial charge in [0.25, 0.3) is 0 Å². The van der Waals surface area contributed by atoms with Gasteiger partial charge in [0.05, 0.1) is 6.61 Å². The number of urea groups is 1. The molecule has 86 valence electrons. The summed E-state index contributed by atoms with van der Waals surface area (Å²) in [5, 5.41) is 11.8. The van der Waals surface area contributed by atoms with Gasteiger partial charge in [0.1, 0.15) is 0 Å². The van der Waals surface area contributed by atoms with Crippen molar-refractivity contribution in [3.05, 3.63) is 35.4 Å². The Bertz CT molecular complexity index is 379. The molecule has 4 nitrogen and oxygen atoms in total. The molecule has 1 aliphatic rings. The van der Waals surface area contributed by atoms with E-state index in [1.54, 1.807) is 4.90 Å². The van der Waals surface area contributed by atoms with Crippen molar-refractivity contribution in [3.63, 3.8) is 0 Å². The monoisotopic (exact) mass is 220 g/mol. The van der Waals surface area contributed by atoms with Crippen molar-refractivity contribution in [2.75, 3.05) is 13.1 Å². The third-order valence-electron chi connectivity index (χ3n) is 2.72. The third kappa shape index (κ3) is 2.52. The largest absolute Gasteiger partial charge is 0.392 e. The van der Waals surface area contributed by atoms with Crippen LogP contribution >= 0.6 is 0 Å². The standard InChI is InChI=1S/C12H16N2O2/c15-9-11-4-1-3-10(7-11)8-14-6-2-5-13-12(14)16/h1,3-4,7,15H,2,5-6,8-9H2,(H,13,16). The summed E-state index contributed by atoms with van der Waals surface area (Å²) in [4.78, 5) is 13.3. The van der Waals surface area contributed by atoms with Gasteiger partial charge in [-0.05, 0) is 17.5 Å². The Morgan fingerprint density at radius 1 is 1.38 bits per heavy atom. The molecule has 0 bridgehead atoms. The molecule has 0 atom stereocenters. The van der Waals surface area contributed by atoms with Crippen molar-refractivity contribution in [3.8, 4) is 0 Å². The normalized spacial score (nSPS) is 16.1. The Morgan fingerprint density at radius 3 is 2.94 bits per heavy atom. The van der Waals surface area contributed by atoms with Gasteiger partial charge in [0.15, 0.2) is 0 Å². The molecule has 0 saturated carbocycles. The van der Waals surface area contributed by atoms with E-state index in [2.05, 4.69) is 5.32 Å². The maximum atomic E-state index is 11.5. The molecule has 1 aromatic rings. The second kappa shape index (κ2) is 4.99. The molecule has 0 aromatic heterocycles. The number of aliphatic hydroxyl groups excluding tert-OH is 1. The summed E-state index contributed by atoms with van der Waals surface area (Å²) in [7, 11) is 0. The fourth-order valence-electron chi connectivity index (χ4n) is 1.88. The predicted molar refractivity (Wildman–Crippen MR) is 60.8 cm³/mol. The molecule has 1 aromatic carbocycles. The summed E-state index contributed by atoms with van der Waals surface area (Å²) in [5.41, 5.74) is 1.94. The summed E-state index contributed by atoms with van der Waals surface area (Å²) in [5.74, 6) is 0. The molecule has 0 spiro atoms. The first-order valence-corrected chi connectivity index (χ1v) is 5.51. The number of hydrogen-bond acceptors (Lipinski definition) is 2. The lowest BCUT2D eigenvalue weighted by molar-refractivity contribution is 0.183. The Labute approximate surface area is 94.9 Å². The van der Waals surface area contributed by atoms with Crippen LogP contribution in [0, 0.1) is 0 Å². The van der Waals surface area contributed by atoms with Gasteiger partial charge < -0.3 is 15.3 Å². The van der Waals surface area contributed by atoms with E-state index in [-0.39, 0.29) is 12.6 Å². The van der Waals surface area contributed by atoms with E-state index in [0.717, 1.165) is 30.6 Å². The van der Waals surface area contributed by atoms with Crippen LogP contribution in [0.15, 0.2) is 24.3 Å². The molecule has 0 unspecified atom stereocenters. The maximum absolute atomic E-state index is 11.5. The lowest BCUT2D eigenvalue weighted by Crippen LogP contribution is -2.45. The van der Waals surface area contributed by atoms with Gasteiger partial charge in [0.2, 0.25) is 0 Å². The number of amides is 2. The molecule has 1 aliphatic heterocycles. The van der Waals surface area contributed by atoms with E-state index in [1.807, 2.05) is 24.3 Å². The Balaban J connectivity index is 2.04. The van der Waals surface area contributed by atoms with Gasteiger partial charge in [-0.1, -0.05) is 24.3 Å². The van der Waals surface area contributed by atoms with Crippen LogP contribution in [-0.4, -0.2) is 29.1 Å². The van der Waals surface area contributed by atoms with Crippen molar-refractivity contribution in [2.45, 2.75) is 19.6 Å². The molecule has 1 saturated heterocycles. The summed E-state index contributed by atoms with van der Waals surface area (Å²) in [6.07, 6.45) is 0.991. The highest BCUT2D eigenvalue weighted by Crippen LogP contribution is 2.10. The molecule has 0 aliphatic carbocycles. The number of hydrogen-bond donors (Lipinski definition) is 2. The average Bonchev–Trinajstić information content (AvgIpc) is 2.32. The van der Waals surface area contributed by atoms with Gasteiger partial charge in [-0.25, -0.2) is 4.79 Å². The van der Waals surface area contributed by atoms with E-state index in [0.29, 0.717) is 6.54 Å². The first kappa shape index (κ1) is 11.0. The molecule has 1 fully saturated rings. The quantitative estimate of drug-likeness (QED) is 0.801. The molecule has 1 heterocycles. The molecule has 4 heteroatoms. The van der Waals surface area contributed by atoms with Gasteiger partial charge in [0, 0.05) is 19.6 Å². The summed E-state index contributed by atoms with van der Waals surface area (Å²) < 4.78 is 0. The second-order valence-corrected chi connectivity index (χ2v) is 3.99. The Kier molecular flexibility index (Phi) is 3.41. The topological polar surface area (TPSA) is 52.6 Å². The maximum Gasteiger partial charge on any atom is 0.317 e. The lowest BCUT2D eigenvalue weighted by atomic mass is 10.1. The van der Waals surface area contributed by atoms with Crippen molar-refractivity contribution in [1.82, 2.24) is 10.2 Å². The van der Waals surface area contributed by atoms with Gasteiger partial charge in [-0.2, -0.15) is 0 Å². The number of nitrogens with zero attached hydrogens (tertiary/aromatic N) is 1. The zero-order valence-electron chi connectivity index (χ0n) is 9.15. The zero-order chi connectivity index (χ0) is 11.4. The van der Waals surface area contributed by atoms with E-state index in [1.165, 1.54) is 0 Å². The van der Waals surface area contributed by atoms with Crippen LogP contribution in [-0.2, 0) is 13.2 Å². The highest BCUT2D eigenvalue weighted by molar-refractivity contribution is 5.74. The molecule has 0 radical (unpaired) electrons. The molecule has 2 rings (SSSR count). The summed E-state index contributed by atoms with van der Waals surface area (Å²) in [6.45, 7) is 2.22. The molecule has 16 heavy (non-hydrogen) atoms. The smallest absolute Gasteiger partial charge is 0.317 e. The van der Waals surface area contributed by atoms with Crippen LogP contribution in [0.4, 0.5) is 4.79 Å². The third-order valence-corrected chi connectivity index (χ3v) is 2.72. The van der Waals surface area contributed by atoms with E-state index in [9.17, 15) is 4.79 Å². The van der Waals surface area contributed by atoms with Crippen LogP contribution in [0.5, 0.6) is 0 Å². The fourth-order valence-corrected chi connectivity index (χ4v) is 1.88. The van der Waals surface area contributed by atoms with Crippen molar-refractivity contribution in [2.24, 2.45) is 0 Å². The minimum absolute atomic E-state index is 0.000603. The van der Waals surface area contributed by atoms with Crippen LogP contribution in [0.3, 0.4) is 0 Å². The van der Waals surface area contributed by atoms with Crippen molar-refractivity contribution >= 4 is 6.03 Å². The summed E-state index contributed by atoms with van der Waals surface area (Å²) in [6, 6.07) is 7.69. The molecule has 2 amide bonds. The van der Waals surface area contributed by atoms with E-state index >= 15 is 0 Å². The molecule has 2 N–H and O–H groups in total. The van der Waals surface area contributed by atoms with Crippen LogP contribution in [0.2, 0.25) is 0 Å². The van der Waals surface area contributed by atoms with E-state index < -0.39 is 0 Å². The number of rotatable bonds is 3. The lowest BCUT2D eigenvalue weighted by Gasteiger charge is -2.27. The van der Waals surface area contributed by atoms with Gasteiger partial charge in [-0.3, -0.25) is 0 Å². The highest BCUT2D eigenvalue weighted by Gasteiger charge is 2.17. The number of nitrogens with one attached hydrogen (secondary N) is 1. The second-order valence-electron chi connectivity index (χ2n) is 3.99. The fraction of sp³-hybridized carbons (Fsp3) is 0.417. The Morgan fingerprint density at radius 2 is 2.19 bits per heavy atom. The van der Waals surface area contributed by atoms with Crippen LogP contribution in [0.25, 0.3) is 0 Å². The van der Waals surface area contributed by atoms with Gasteiger partial charge in [-0.15, -0.1) is 0 Å². The van der Waals surface area contributed by atoms with Crippen LogP contribution < -0.4 is 5.32 Å². The number of aliphatic hydroxyl groups is 1. The van der Waals surface area contributed by atoms with E-state index in [4.69, 9.17) is 5.11 Å². The van der Waals surface area contributed by atoms with Crippen molar-refractivity contribution in [1.29, 1.82) is 0 Å². The molecular formula is C12H16N2O2. The molecular weight excluding hydrogens is 204 g/mol. The zero-order valence-corrected chi connectivity index (χ0v) is 9.15. The number of carbonyl (C=O) groups excluding carboxylic acids is 1. The minimum Gasteiger partial charge on any atom is -0.392 e. The number of carbonyl (C=O) groups is 1. The van der Waals surface area contributed by atoms with Gasteiger partial charge >= 0.3 is 6.03 Å². The Hall–Kier alpha value is -1.55. The average molecular weight is 220 g/mol. The van der Waals surface area contributed by atoms with Crippen molar-refractivity contribution < 1.29 is 9.90 Å². The highest BCUT2D eigenvalue weighted by atomic mass is 16.3.